The number of aliphatic hydroxyl groups is 1. The molecule has 2 atom stereocenters. The predicted octanol–water partition coefficient (Wildman–Crippen LogP) is 5.29. The van der Waals surface area contributed by atoms with Crippen LogP contribution in [0.3, 0.4) is 0 Å². The van der Waals surface area contributed by atoms with Crippen LogP contribution in [-0.4, -0.2) is 35.9 Å². The lowest BCUT2D eigenvalue weighted by molar-refractivity contribution is -0.0878. The summed E-state index contributed by atoms with van der Waals surface area (Å²) in [5.41, 5.74) is -4.31. The van der Waals surface area contributed by atoms with Gasteiger partial charge in [-0.3, -0.25) is 4.98 Å². The number of benzene rings is 1. The fourth-order valence-electron chi connectivity index (χ4n) is 3.29. The molecule has 0 bridgehead atoms. The molecular weight excluding hydrogens is 455 g/mol. The molecule has 0 spiro atoms. The van der Waals surface area contributed by atoms with E-state index in [4.69, 9.17) is 11.6 Å². The van der Waals surface area contributed by atoms with E-state index < -0.39 is 35.0 Å². The zero-order chi connectivity index (χ0) is 24.2. The third-order valence-corrected chi connectivity index (χ3v) is 5.67. The van der Waals surface area contributed by atoms with Crippen LogP contribution in [0.2, 0.25) is 5.02 Å². The highest BCUT2D eigenvalue weighted by atomic mass is 35.5. The standard InChI is InChI=1S/C23H21ClF3N5O/c1-4-19(25)11-20(26)15(2)23(33,13-32-14-29-30-31-32)22(3,27)21-10-7-17(12-28-21)16-5-8-18(24)9-6-16/h4-12,14,33H,1,13H2,2-3H3/b19-11+,20-15-. The number of allylic oxidation sites excluding steroid dienone is 4. The summed E-state index contributed by atoms with van der Waals surface area (Å²) in [7, 11) is 0. The normalized spacial score (nSPS) is 16.5. The van der Waals surface area contributed by atoms with Crippen molar-refractivity contribution in [2.75, 3.05) is 0 Å². The summed E-state index contributed by atoms with van der Waals surface area (Å²) in [5.74, 6) is -2.15. The molecule has 0 aliphatic rings. The van der Waals surface area contributed by atoms with Crippen molar-refractivity contribution in [3.8, 4) is 11.1 Å². The Morgan fingerprint density at radius 1 is 1.18 bits per heavy atom. The van der Waals surface area contributed by atoms with Crippen molar-refractivity contribution < 1.29 is 18.3 Å². The van der Waals surface area contributed by atoms with Gasteiger partial charge < -0.3 is 5.11 Å². The summed E-state index contributed by atoms with van der Waals surface area (Å²) in [6.45, 7) is 4.87. The van der Waals surface area contributed by atoms with Crippen LogP contribution in [0.5, 0.6) is 0 Å². The number of hydrogen-bond acceptors (Lipinski definition) is 5. The van der Waals surface area contributed by atoms with Crippen LogP contribution in [0.25, 0.3) is 11.1 Å². The molecular formula is C23H21ClF3N5O. The highest BCUT2D eigenvalue weighted by Gasteiger charge is 2.53. The Morgan fingerprint density at radius 3 is 2.39 bits per heavy atom. The van der Waals surface area contributed by atoms with Gasteiger partial charge >= 0.3 is 0 Å². The molecule has 0 saturated heterocycles. The summed E-state index contributed by atoms with van der Waals surface area (Å²) in [6, 6.07) is 9.99. The second-order valence-electron chi connectivity index (χ2n) is 7.52. The summed E-state index contributed by atoms with van der Waals surface area (Å²) < 4.78 is 45.8. The van der Waals surface area contributed by atoms with E-state index in [0.717, 1.165) is 36.5 Å². The van der Waals surface area contributed by atoms with Crippen molar-refractivity contribution in [2.45, 2.75) is 31.7 Å². The van der Waals surface area contributed by atoms with E-state index >= 15 is 4.39 Å². The third kappa shape index (κ3) is 5.04. The van der Waals surface area contributed by atoms with Crippen LogP contribution < -0.4 is 0 Å². The molecule has 0 amide bonds. The van der Waals surface area contributed by atoms with Crippen LogP contribution in [0.4, 0.5) is 13.2 Å². The number of aromatic nitrogens is 5. The Morgan fingerprint density at radius 2 is 1.85 bits per heavy atom. The van der Waals surface area contributed by atoms with Crippen molar-refractivity contribution in [2.24, 2.45) is 0 Å². The van der Waals surface area contributed by atoms with Crippen LogP contribution in [0.1, 0.15) is 19.5 Å². The number of alkyl halides is 1. The SMILES string of the molecule is C=C/C(F)=C\C(F)=C(/C)C(O)(Cn1cnnn1)C(C)(F)c1ccc(-c2ccc(Cl)cc2)cn1. The van der Waals surface area contributed by atoms with Crippen molar-refractivity contribution in [3.63, 3.8) is 0 Å². The van der Waals surface area contributed by atoms with E-state index in [1.54, 1.807) is 30.3 Å². The molecule has 2 unspecified atom stereocenters. The largest absolute Gasteiger partial charge is 0.380 e. The van der Waals surface area contributed by atoms with E-state index in [1.165, 1.54) is 12.3 Å². The van der Waals surface area contributed by atoms with Crippen LogP contribution in [0.15, 0.2) is 84.9 Å². The van der Waals surface area contributed by atoms with Crippen LogP contribution >= 0.6 is 11.6 Å². The molecule has 0 saturated carbocycles. The first kappa shape index (κ1) is 24.3. The number of pyridine rings is 1. The Kier molecular flexibility index (Phi) is 7.14. The van der Waals surface area contributed by atoms with Crippen LogP contribution in [-0.2, 0) is 12.2 Å². The zero-order valence-corrected chi connectivity index (χ0v) is 18.6. The average molecular weight is 476 g/mol. The first-order valence-corrected chi connectivity index (χ1v) is 10.2. The van der Waals surface area contributed by atoms with Crippen molar-refractivity contribution in [1.29, 1.82) is 0 Å². The predicted molar refractivity (Wildman–Crippen MR) is 119 cm³/mol. The fourth-order valence-corrected chi connectivity index (χ4v) is 3.41. The zero-order valence-electron chi connectivity index (χ0n) is 17.9. The summed E-state index contributed by atoms with van der Waals surface area (Å²) in [4.78, 5) is 4.18. The van der Waals surface area contributed by atoms with E-state index in [0.29, 0.717) is 16.7 Å². The molecule has 33 heavy (non-hydrogen) atoms. The Bertz CT molecular complexity index is 1180. The Hall–Kier alpha value is -3.30. The molecule has 0 radical (unpaired) electrons. The minimum absolute atomic E-state index is 0.170. The summed E-state index contributed by atoms with van der Waals surface area (Å²) >= 11 is 5.91. The highest BCUT2D eigenvalue weighted by molar-refractivity contribution is 6.30. The first-order valence-electron chi connectivity index (χ1n) is 9.79. The van der Waals surface area contributed by atoms with Crippen molar-refractivity contribution in [1.82, 2.24) is 25.2 Å². The molecule has 1 N–H and O–H groups in total. The molecule has 1 aromatic carbocycles. The summed E-state index contributed by atoms with van der Waals surface area (Å²) in [6.07, 6.45) is 3.88. The van der Waals surface area contributed by atoms with Crippen molar-refractivity contribution in [3.05, 3.63) is 95.6 Å². The number of rotatable bonds is 8. The van der Waals surface area contributed by atoms with Gasteiger partial charge in [0.1, 0.15) is 23.6 Å². The molecule has 0 fully saturated rings. The topological polar surface area (TPSA) is 76.7 Å². The van der Waals surface area contributed by atoms with Gasteiger partial charge in [0, 0.05) is 22.9 Å². The molecule has 3 aromatic rings. The van der Waals surface area contributed by atoms with Gasteiger partial charge in [0.2, 0.25) is 0 Å². The van der Waals surface area contributed by atoms with E-state index in [-0.39, 0.29) is 5.69 Å². The maximum Gasteiger partial charge on any atom is 0.184 e. The summed E-state index contributed by atoms with van der Waals surface area (Å²) in [5, 5.41) is 22.6. The second-order valence-corrected chi connectivity index (χ2v) is 7.95. The number of hydrogen-bond donors (Lipinski definition) is 1. The van der Waals surface area contributed by atoms with E-state index in [9.17, 15) is 13.9 Å². The minimum atomic E-state index is -2.63. The number of tetrazole rings is 1. The van der Waals surface area contributed by atoms with Gasteiger partial charge in [-0.1, -0.05) is 36.4 Å². The fraction of sp³-hybridized carbons (Fsp3) is 0.217. The monoisotopic (exact) mass is 475 g/mol. The van der Waals surface area contributed by atoms with Gasteiger partial charge in [-0.15, -0.1) is 5.10 Å². The molecule has 10 heteroatoms. The lowest BCUT2D eigenvalue weighted by Crippen LogP contribution is -2.52. The molecule has 6 nitrogen and oxygen atoms in total. The van der Waals surface area contributed by atoms with Gasteiger partial charge in [-0.25, -0.2) is 17.9 Å². The minimum Gasteiger partial charge on any atom is -0.380 e. The van der Waals surface area contributed by atoms with Crippen molar-refractivity contribution >= 4 is 11.6 Å². The molecule has 0 aliphatic carbocycles. The lowest BCUT2D eigenvalue weighted by Gasteiger charge is -2.39. The van der Waals surface area contributed by atoms with Gasteiger partial charge in [0.05, 0.1) is 12.2 Å². The van der Waals surface area contributed by atoms with Crippen LogP contribution in [0, 0.1) is 0 Å². The van der Waals surface area contributed by atoms with Gasteiger partial charge in [0.15, 0.2) is 5.67 Å². The average Bonchev–Trinajstić information content (AvgIpc) is 3.31. The Balaban J connectivity index is 2.07. The molecule has 2 heterocycles. The van der Waals surface area contributed by atoms with E-state index in [2.05, 4.69) is 27.1 Å². The molecule has 2 aromatic heterocycles. The highest BCUT2D eigenvalue weighted by Crippen LogP contribution is 2.43. The van der Waals surface area contributed by atoms with Gasteiger partial charge in [0.25, 0.3) is 0 Å². The molecule has 0 aliphatic heterocycles. The third-order valence-electron chi connectivity index (χ3n) is 5.42. The van der Waals surface area contributed by atoms with Gasteiger partial charge in [-0.05, 0) is 59.7 Å². The second kappa shape index (κ2) is 9.68. The maximum absolute atomic E-state index is 16.3. The molecule has 3 rings (SSSR count). The van der Waals surface area contributed by atoms with Gasteiger partial charge in [-0.2, -0.15) is 0 Å². The van der Waals surface area contributed by atoms with E-state index in [1.807, 2.05) is 0 Å². The maximum atomic E-state index is 16.3. The molecule has 172 valence electrons. The quantitative estimate of drug-likeness (QED) is 0.448. The first-order chi connectivity index (χ1) is 15.6. The lowest BCUT2D eigenvalue weighted by atomic mass is 9.77. The number of halogens is 4. The number of nitrogens with zero attached hydrogens (tertiary/aromatic N) is 5. The smallest absolute Gasteiger partial charge is 0.184 e. The Labute approximate surface area is 193 Å².